The molecule has 2 N–H and O–H groups in total. The molecule has 0 fully saturated rings. The zero-order valence-corrected chi connectivity index (χ0v) is 15.8. The summed E-state index contributed by atoms with van der Waals surface area (Å²) < 4.78 is 6.67. The van der Waals surface area contributed by atoms with E-state index in [1.54, 1.807) is 19.2 Å². The molecule has 1 aromatic heterocycles. The summed E-state index contributed by atoms with van der Waals surface area (Å²) in [6.45, 7) is 0.132. The van der Waals surface area contributed by atoms with Crippen LogP contribution in [0.1, 0.15) is 16.1 Å². The largest absolute Gasteiger partial charge is 0.464 e. The maximum atomic E-state index is 12.0. The van der Waals surface area contributed by atoms with E-state index in [2.05, 4.69) is 36.4 Å². The molecule has 10 heteroatoms. The molecule has 128 valence electrons. The first-order valence-corrected chi connectivity index (χ1v) is 8.17. The van der Waals surface area contributed by atoms with Crippen LogP contribution in [0.3, 0.4) is 0 Å². The SMILES string of the molecule is COC(=O)c1cc(NC(=O)NCc2c(Cl)cc(Br)cc2Cl)nn1C. The highest BCUT2D eigenvalue weighted by atomic mass is 79.9. The number of carbonyl (C=O) groups is 2. The number of carbonyl (C=O) groups excluding carboxylic acids is 2. The normalized spacial score (nSPS) is 10.4. The summed E-state index contributed by atoms with van der Waals surface area (Å²) in [6.07, 6.45) is 0. The molecule has 0 unspecified atom stereocenters. The number of esters is 1. The number of ether oxygens (including phenoxy) is 1. The number of methoxy groups -OCH3 is 1. The van der Waals surface area contributed by atoms with Crippen molar-refractivity contribution in [1.29, 1.82) is 0 Å². The lowest BCUT2D eigenvalue weighted by atomic mass is 10.2. The molecule has 24 heavy (non-hydrogen) atoms. The third-order valence-corrected chi connectivity index (χ3v) is 4.18. The molecule has 2 amide bonds. The van der Waals surface area contributed by atoms with Gasteiger partial charge in [-0.3, -0.25) is 10.00 Å². The quantitative estimate of drug-likeness (QED) is 0.718. The standard InChI is InChI=1S/C14H13BrCl2N4O3/c1-21-11(13(22)24-2)5-12(20-21)19-14(23)18-6-8-9(16)3-7(15)4-10(8)17/h3-5H,6H2,1-2H3,(H2,18,19,20,23). The Hall–Kier alpha value is -1.77. The van der Waals surface area contributed by atoms with Gasteiger partial charge in [0.1, 0.15) is 5.69 Å². The molecular weight excluding hydrogens is 423 g/mol. The van der Waals surface area contributed by atoms with Gasteiger partial charge >= 0.3 is 12.0 Å². The van der Waals surface area contributed by atoms with E-state index in [0.717, 1.165) is 4.47 Å². The van der Waals surface area contributed by atoms with Gasteiger partial charge in [0.05, 0.1) is 7.11 Å². The fraction of sp³-hybridized carbons (Fsp3) is 0.214. The minimum atomic E-state index is -0.549. The number of aryl methyl sites for hydroxylation is 1. The van der Waals surface area contributed by atoms with Crippen LogP contribution in [0.15, 0.2) is 22.7 Å². The van der Waals surface area contributed by atoms with E-state index < -0.39 is 12.0 Å². The molecule has 1 heterocycles. The molecule has 0 spiro atoms. The minimum Gasteiger partial charge on any atom is -0.464 e. The predicted octanol–water partition coefficient (Wildman–Crippen LogP) is 3.60. The second-order valence-corrected chi connectivity index (χ2v) is 6.42. The van der Waals surface area contributed by atoms with Crippen molar-refractivity contribution >= 4 is 57.0 Å². The summed E-state index contributed by atoms with van der Waals surface area (Å²) in [4.78, 5) is 23.5. The van der Waals surface area contributed by atoms with Crippen LogP contribution < -0.4 is 10.6 Å². The van der Waals surface area contributed by atoms with Gasteiger partial charge in [0, 0.05) is 39.7 Å². The smallest absolute Gasteiger partial charge is 0.356 e. The lowest BCUT2D eigenvalue weighted by Gasteiger charge is -2.09. The van der Waals surface area contributed by atoms with Gasteiger partial charge in [0.25, 0.3) is 0 Å². The number of aromatic nitrogens is 2. The number of anilines is 1. The highest BCUT2D eigenvalue weighted by Gasteiger charge is 2.15. The van der Waals surface area contributed by atoms with E-state index in [1.165, 1.54) is 17.9 Å². The molecule has 0 atom stereocenters. The number of nitrogens with zero attached hydrogens (tertiary/aromatic N) is 2. The number of hydrogen-bond acceptors (Lipinski definition) is 4. The van der Waals surface area contributed by atoms with Crippen molar-refractivity contribution in [2.45, 2.75) is 6.54 Å². The molecule has 0 aliphatic heterocycles. The van der Waals surface area contributed by atoms with Crippen molar-refractivity contribution in [3.8, 4) is 0 Å². The third kappa shape index (κ3) is 4.40. The zero-order chi connectivity index (χ0) is 17.9. The van der Waals surface area contributed by atoms with E-state index in [-0.39, 0.29) is 18.1 Å². The first-order valence-electron chi connectivity index (χ1n) is 6.62. The Morgan fingerprint density at radius 1 is 1.29 bits per heavy atom. The third-order valence-electron chi connectivity index (χ3n) is 3.05. The second kappa shape index (κ2) is 7.87. The Morgan fingerprint density at radius 2 is 1.92 bits per heavy atom. The summed E-state index contributed by atoms with van der Waals surface area (Å²) in [5.41, 5.74) is 0.805. The number of nitrogens with one attached hydrogen (secondary N) is 2. The van der Waals surface area contributed by atoms with Crippen LogP contribution in [0.2, 0.25) is 10.0 Å². The molecule has 0 aliphatic carbocycles. The monoisotopic (exact) mass is 434 g/mol. The molecule has 7 nitrogen and oxygen atoms in total. The van der Waals surface area contributed by atoms with Gasteiger partial charge in [-0.2, -0.15) is 5.10 Å². The van der Waals surface area contributed by atoms with Gasteiger partial charge in [-0.15, -0.1) is 0 Å². The number of halogens is 3. The van der Waals surface area contributed by atoms with Crippen molar-refractivity contribution in [1.82, 2.24) is 15.1 Å². The second-order valence-electron chi connectivity index (χ2n) is 4.69. The van der Waals surface area contributed by atoms with Gasteiger partial charge in [-0.25, -0.2) is 9.59 Å². The van der Waals surface area contributed by atoms with Crippen LogP contribution in [0.4, 0.5) is 10.6 Å². The number of hydrogen-bond donors (Lipinski definition) is 2. The fourth-order valence-electron chi connectivity index (χ4n) is 1.89. The number of benzene rings is 1. The molecule has 0 saturated heterocycles. The van der Waals surface area contributed by atoms with Crippen LogP contribution in [0, 0.1) is 0 Å². The maximum Gasteiger partial charge on any atom is 0.356 e. The van der Waals surface area contributed by atoms with Gasteiger partial charge in [-0.05, 0) is 12.1 Å². The summed E-state index contributed by atoms with van der Waals surface area (Å²) in [5, 5.41) is 10.0. The summed E-state index contributed by atoms with van der Waals surface area (Å²) in [5.74, 6) is -0.338. The van der Waals surface area contributed by atoms with Crippen LogP contribution in [0.5, 0.6) is 0 Å². The van der Waals surface area contributed by atoms with E-state index in [9.17, 15) is 9.59 Å². The van der Waals surface area contributed by atoms with Crippen LogP contribution in [0.25, 0.3) is 0 Å². The molecule has 1 aromatic carbocycles. The molecule has 2 rings (SSSR count). The molecule has 0 saturated carbocycles. The number of amides is 2. The predicted molar refractivity (Wildman–Crippen MR) is 94.6 cm³/mol. The summed E-state index contributed by atoms with van der Waals surface area (Å²) in [7, 11) is 2.83. The van der Waals surface area contributed by atoms with Crippen molar-refractivity contribution in [3.63, 3.8) is 0 Å². The van der Waals surface area contributed by atoms with Gasteiger partial charge in [0.15, 0.2) is 5.82 Å². The van der Waals surface area contributed by atoms with Crippen LogP contribution in [-0.4, -0.2) is 28.9 Å². The van der Waals surface area contributed by atoms with Crippen molar-refractivity contribution in [2.24, 2.45) is 7.05 Å². The Balaban J connectivity index is 2.01. The van der Waals surface area contributed by atoms with Crippen LogP contribution in [-0.2, 0) is 18.3 Å². The molecule has 0 bridgehead atoms. The maximum absolute atomic E-state index is 12.0. The highest BCUT2D eigenvalue weighted by molar-refractivity contribution is 9.10. The number of urea groups is 1. The molecule has 0 radical (unpaired) electrons. The highest BCUT2D eigenvalue weighted by Crippen LogP contribution is 2.29. The average molecular weight is 436 g/mol. The van der Waals surface area contributed by atoms with Crippen molar-refractivity contribution < 1.29 is 14.3 Å². The van der Waals surface area contributed by atoms with Crippen molar-refractivity contribution in [3.05, 3.63) is 44.0 Å². The van der Waals surface area contributed by atoms with E-state index in [0.29, 0.717) is 15.6 Å². The topological polar surface area (TPSA) is 85.2 Å². The van der Waals surface area contributed by atoms with E-state index in [4.69, 9.17) is 23.2 Å². The lowest BCUT2D eigenvalue weighted by molar-refractivity contribution is 0.0588. The Bertz CT molecular complexity index is 771. The van der Waals surface area contributed by atoms with Crippen LogP contribution >= 0.6 is 39.1 Å². The minimum absolute atomic E-state index is 0.132. The van der Waals surface area contributed by atoms with Crippen molar-refractivity contribution in [2.75, 3.05) is 12.4 Å². The molecular formula is C14H13BrCl2N4O3. The number of rotatable bonds is 4. The Labute approximate surface area is 156 Å². The van der Waals surface area contributed by atoms with Gasteiger partial charge in [-0.1, -0.05) is 39.1 Å². The first-order chi connectivity index (χ1) is 11.3. The first kappa shape index (κ1) is 18.6. The van der Waals surface area contributed by atoms with E-state index in [1.807, 2.05) is 0 Å². The van der Waals surface area contributed by atoms with Gasteiger partial charge < -0.3 is 10.1 Å². The lowest BCUT2D eigenvalue weighted by Crippen LogP contribution is -2.28. The fourth-order valence-corrected chi connectivity index (χ4v) is 3.24. The average Bonchev–Trinajstić information content (AvgIpc) is 2.85. The molecule has 0 aliphatic rings. The van der Waals surface area contributed by atoms with E-state index >= 15 is 0 Å². The Morgan fingerprint density at radius 3 is 2.50 bits per heavy atom. The molecule has 2 aromatic rings. The summed E-state index contributed by atoms with van der Waals surface area (Å²) >= 11 is 15.5. The summed E-state index contributed by atoms with van der Waals surface area (Å²) in [6, 6.07) is 4.26. The van der Waals surface area contributed by atoms with Gasteiger partial charge in [0.2, 0.25) is 0 Å². The zero-order valence-electron chi connectivity index (χ0n) is 12.7. The Kier molecular flexibility index (Phi) is 6.09.